The van der Waals surface area contributed by atoms with Crippen LogP contribution >= 0.6 is 0 Å². The SMILES string of the molecule is O=c1n(C2CCNCC2)nc2ncccn12. The molecule has 1 saturated heterocycles. The third-order valence-corrected chi connectivity index (χ3v) is 2.98. The van der Waals surface area contributed by atoms with Crippen LogP contribution in [0.15, 0.2) is 23.3 Å². The van der Waals surface area contributed by atoms with Gasteiger partial charge in [-0.25, -0.2) is 18.9 Å². The van der Waals surface area contributed by atoms with E-state index < -0.39 is 0 Å². The molecule has 0 radical (unpaired) electrons. The van der Waals surface area contributed by atoms with Crippen molar-refractivity contribution in [2.75, 3.05) is 13.1 Å². The van der Waals surface area contributed by atoms with E-state index in [-0.39, 0.29) is 11.7 Å². The van der Waals surface area contributed by atoms with E-state index in [1.165, 1.54) is 4.40 Å². The fourth-order valence-corrected chi connectivity index (χ4v) is 2.13. The number of nitrogens with zero attached hydrogens (tertiary/aromatic N) is 4. The maximum atomic E-state index is 12.0. The van der Waals surface area contributed by atoms with E-state index in [1.807, 2.05) is 0 Å². The molecule has 16 heavy (non-hydrogen) atoms. The van der Waals surface area contributed by atoms with E-state index >= 15 is 0 Å². The van der Waals surface area contributed by atoms with Crippen LogP contribution in [0.2, 0.25) is 0 Å². The van der Waals surface area contributed by atoms with Gasteiger partial charge in [-0.2, -0.15) is 0 Å². The van der Waals surface area contributed by atoms with E-state index in [1.54, 1.807) is 23.1 Å². The van der Waals surface area contributed by atoms with Gasteiger partial charge in [0, 0.05) is 12.4 Å². The fraction of sp³-hybridized carbons (Fsp3) is 0.500. The van der Waals surface area contributed by atoms with Crippen molar-refractivity contribution < 1.29 is 0 Å². The molecule has 0 aliphatic carbocycles. The molecule has 1 N–H and O–H groups in total. The summed E-state index contributed by atoms with van der Waals surface area (Å²) < 4.78 is 3.06. The first-order valence-electron chi connectivity index (χ1n) is 5.49. The van der Waals surface area contributed by atoms with Crippen LogP contribution in [0.1, 0.15) is 18.9 Å². The molecule has 0 saturated carbocycles. The highest BCUT2D eigenvalue weighted by molar-refractivity contribution is 5.23. The monoisotopic (exact) mass is 219 g/mol. The number of aromatic nitrogens is 4. The van der Waals surface area contributed by atoms with Gasteiger partial charge in [0.25, 0.3) is 5.78 Å². The predicted molar refractivity (Wildman–Crippen MR) is 58.4 cm³/mol. The highest BCUT2D eigenvalue weighted by Crippen LogP contribution is 2.15. The Kier molecular flexibility index (Phi) is 2.21. The molecule has 1 fully saturated rings. The van der Waals surface area contributed by atoms with Crippen molar-refractivity contribution in [1.29, 1.82) is 0 Å². The first-order chi connectivity index (χ1) is 7.86. The third-order valence-electron chi connectivity index (χ3n) is 2.98. The second kappa shape index (κ2) is 3.71. The Morgan fingerprint density at radius 1 is 1.38 bits per heavy atom. The van der Waals surface area contributed by atoms with Crippen LogP contribution in [0.4, 0.5) is 0 Å². The lowest BCUT2D eigenvalue weighted by Gasteiger charge is -2.21. The molecular formula is C10H13N5O. The van der Waals surface area contributed by atoms with Crippen molar-refractivity contribution >= 4 is 5.78 Å². The molecule has 84 valence electrons. The van der Waals surface area contributed by atoms with Crippen LogP contribution in [-0.2, 0) is 0 Å². The number of nitrogens with one attached hydrogen (secondary N) is 1. The molecule has 0 amide bonds. The number of hydrogen-bond donors (Lipinski definition) is 1. The number of hydrogen-bond acceptors (Lipinski definition) is 4. The van der Waals surface area contributed by atoms with Gasteiger partial charge in [0.1, 0.15) is 0 Å². The average molecular weight is 219 g/mol. The molecule has 3 rings (SSSR count). The molecule has 1 aliphatic rings. The molecule has 6 heteroatoms. The van der Waals surface area contributed by atoms with Gasteiger partial charge in [-0.3, -0.25) is 0 Å². The lowest BCUT2D eigenvalue weighted by Crippen LogP contribution is -2.34. The number of piperidine rings is 1. The topological polar surface area (TPSA) is 64.2 Å². The van der Waals surface area contributed by atoms with Crippen LogP contribution in [0, 0.1) is 0 Å². The summed E-state index contributed by atoms with van der Waals surface area (Å²) in [5.74, 6) is 0.478. The Balaban J connectivity index is 2.09. The number of fused-ring (bicyclic) bond motifs is 1. The van der Waals surface area contributed by atoms with Gasteiger partial charge in [-0.1, -0.05) is 0 Å². The molecule has 3 heterocycles. The van der Waals surface area contributed by atoms with Crippen molar-refractivity contribution in [2.24, 2.45) is 0 Å². The van der Waals surface area contributed by atoms with E-state index in [4.69, 9.17) is 0 Å². The Bertz CT molecular complexity index is 552. The quantitative estimate of drug-likeness (QED) is 0.722. The summed E-state index contributed by atoms with van der Waals surface area (Å²) in [6.07, 6.45) is 5.25. The molecule has 0 unspecified atom stereocenters. The van der Waals surface area contributed by atoms with Crippen molar-refractivity contribution in [3.63, 3.8) is 0 Å². The Hall–Kier alpha value is -1.69. The zero-order chi connectivity index (χ0) is 11.0. The molecule has 1 aliphatic heterocycles. The second-order valence-electron chi connectivity index (χ2n) is 4.00. The zero-order valence-electron chi connectivity index (χ0n) is 8.83. The second-order valence-corrected chi connectivity index (χ2v) is 4.00. The van der Waals surface area contributed by atoms with Crippen molar-refractivity contribution in [3.05, 3.63) is 28.9 Å². The van der Waals surface area contributed by atoms with Gasteiger partial charge in [0.2, 0.25) is 0 Å². The lowest BCUT2D eigenvalue weighted by atomic mass is 10.1. The van der Waals surface area contributed by atoms with Crippen LogP contribution in [-0.4, -0.2) is 32.3 Å². The molecule has 0 aromatic carbocycles. The first kappa shape index (κ1) is 9.53. The minimum atomic E-state index is -0.0880. The lowest BCUT2D eigenvalue weighted by molar-refractivity contribution is 0.335. The van der Waals surface area contributed by atoms with E-state index in [2.05, 4.69) is 15.4 Å². The Morgan fingerprint density at radius 3 is 2.94 bits per heavy atom. The van der Waals surface area contributed by atoms with Crippen molar-refractivity contribution in [1.82, 2.24) is 24.5 Å². The van der Waals surface area contributed by atoms with E-state index in [9.17, 15) is 4.79 Å². The van der Waals surface area contributed by atoms with Gasteiger partial charge in [-0.15, -0.1) is 5.10 Å². The predicted octanol–water partition coefficient (Wildman–Crippen LogP) is -0.185. The van der Waals surface area contributed by atoms with E-state index in [0.29, 0.717) is 5.78 Å². The zero-order valence-corrected chi connectivity index (χ0v) is 8.83. The summed E-state index contributed by atoms with van der Waals surface area (Å²) in [5.41, 5.74) is -0.0880. The van der Waals surface area contributed by atoms with Crippen molar-refractivity contribution in [3.8, 4) is 0 Å². The van der Waals surface area contributed by atoms with Gasteiger partial charge < -0.3 is 5.32 Å². The normalized spacial score (nSPS) is 18.0. The Labute approximate surface area is 91.9 Å². The van der Waals surface area contributed by atoms with E-state index in [0.717, 1.165) is 25.9 Å². The first-order valence-corrected chi connectivity index (χ1v) is 5.49. The van der Waals surface area contributed by atoms with Gasteiger partial charge >= 0.3 is 5.69 Å². The summed E-state index contributed by atoms with van der Waals surface area (Å²) in [4.78, 5) is 16.1. The largest absolute Gasteiger partial charge is 0.351 e. The summed E-state index contributed by atoms with van der Waals surface area (Å²) in [5, 5.41) is 7.54. The van der Waals surface area contributed by atoms with Gasteiger partial charge in [-0.05, 0) is 32.0 Å². The van der Waals surface area contributed by atoms with Crippen LogP contribution in [0.3, 0.4) is 0 Å². The maximum Gasteiger partial charge on any atom is 0.351 e. The highest BCUT2D eigenvalue weighted by atomic mass is 16.2. The van der Waals surface area contributed by atoms with Crippen molar-refractivity contribution in [2.45, 2.75) is 18.9 Å². The molecule has 6 nitrogen and oxygen atoms in total. The van der Waals surface area contributed by atoms with Crippen LogP contribution < -0.4 is 11.0 Å². The Morgan fingerprint density at radius 2 is 2.19 bits per heavy atom. The summed E-state index contributed by atoms with van der Waals surface area (Å²) in [6.45, 7) is 1.89. The molecule has 0 spiro atoms. The standard InChI is InChI=1S/C10H13N5O/c16-10-14-7-1-4-12-9(14)13-15(10)8-2-5-11-6-3-8/h1,4,7-8,11H,2-3,5-6H2. The average Bonchev–Trinajstić information content (AvgIpc) is 2.69. The van der Waals surface area contributed by atoms with Gasteiger partial charge in [0.15, 0.2) is 0 Å². The summed E-state index contributed by atoms with van der Waals surface area (Å²) in [7, 11) is 0. The smallest absolute Gasteiger partial charge is 0.317 e. The van der Waals surface area contributed by atoms with Crippen LogP contribution in [0.25, 0.3) is 5.78 Å². The molecular weight excluding hydrogens is 206 g/mol. The minimum absolute atomic E-state index is 0.0880. The fourth-order valence-electron chi connectivity index (χ4n) is 2.13. The number of rotatable bonds is 1. The third kappa shape index (κ3) is 1.42. The highest BCUT2D eigenvalue weighted by Gasteiger charge is 2.19. The summed E-state index contributed by atoms with van der Waals surface area (Å²) in [6, 6.07) is 1.94. The minimum Gasteiger partial charge on any atom is -0.317 e. The molecule has 2 aromatic rings. The molecule has 0 bridgehead atoms. The maximum absolute atomic E-state index is 12.0. The molecule has 0 atom stereocenters. The summed E-state index contributed by atoms with van der Waals surface area (Å²) >= 11 is 0. The molecule has 2 aromatic heterocycles. The van der Waals surface area contributed by atoms with Gasteiger partial charge in [0.05, 0.1) is 6.04 Å². The van der Waals surface area contributed by atoms with Crippen LogP contribution in [0.5, 0.6) is 0 Å².